The Bertz CT molecular complexity index is 451. The van der Waals surface area contributed by atoms with E-state index in [1.165, 1.54) is 11.3 Å². The van der Waals surface area contributed by atoms with E-state index >= 15 is 0 Å². The van der Waals surface area contributed by atoms with Crippen LogP contribution in [0, 0.1) is 0 Å². The summed E-state index contributed by atoms with van der Waals surface area (Å²) in [5.41, 5.74) is 6.46. The number of hydrogen-bond donors (Lipinski definition) is 1. The van der Waals surface area contributed by atoms with Gasteiger partial charge in [-0.1, -0.05) is 22.9 Å². The van der Waals surface area contributed by atoms with Gasteiger partial charge in [0.05, 0.1) is 11.1 Å². The molecule has 0 saturated heterocycles. The molecule has 6 heteroatoms. The summed E-state index contributed by atoms with van der Waals surface area (Å²) in [6.07, 6.45) is 1.59. The van der Waals surface area contributed by atoms with Crippen LogP contribution in [0.3, 0.4) is 0 Å². The van der Waals surface area contributed by atoms with Gasteiger partial charge in [-0.25, -0.2) is 0 Å². The van der Waals surface area contributed by atoms with Crippen molar-refractivity contribution in [1.82, 2.24) is 15.2 Å². The SMILES string of the molecule is CC(N)c1nnc(-c2ccc(Cl)cn2)s1. The molecule has 0 aliphatic rings. The standard InChI is InChI=1S/C9H9ClN4S/c1-5(11)8-13-14-9(15-8)7-3-2-6(10)4-12-7/h2-5H,11H2,1H3. The fourth-order valence-electron chi connectivity index (χ4n) is 1.02. The molecule has 0 saturated carbocycles. The maximum Gasteiger partial charge on any atom is 0.166 e. The molecule has 0 spiro atoms. The summed E-state index contributed by atoms with van der Waals surface area (Å²) in [7, 11) is 0. The molecule has 1 unspecified atom stereocenters. The van der Waals surface area contributed by atoms with Crippen LogP contribution in [0.15, 0.2) is 18.3 Å². The normalized spacial score (nSPS) is 12.7. The summed E-state index contributed by atoms with van der Waals surface area (Å²) in [5.74, 6) is 0. The van der Waals surface area contributed by atoms with E-state index < -0.39 is 0 Å². The first-order valence-electron chi connectivity index (χ1n) is 4.37. The van der Waals surface area contributed by atoms with E-state index in [2.05, 4.69) is 15.2 Å². The summed E-state index contributed by atoms with van der Waals surface area (Å²) in [4.78, 5) is 4.16. The smallest absolute Gasteiger partial charge is 0.166 e. The van der Waals surface area contributed by atoms with Crippen molar-refractivity contribution in [3.63, 3.8) is 0 Å². The summed E-state index contributed by atoms with van der Waals surface area (Å²) in [5, 5.41) is 10.2. The van der Waals surface area contributed by atoms with E-state index in [1.807, 2.05) is 13.0 Å². The lowest BCUT2D eigenvalue weighted by Gasteiger charge is -1.95. The van der Waals surface area contributed by atoms with Crippen LogP contribution >= 0.6 is 22.9 Å². The summed E-state index contributed by atoms with van der Waals surface area (Å²) in [6.45, 7) is 1.87. The molecule has 15 heavy (non-hydrogen) atoms. The summed E-state index contributed by atoms with van der Waals surface area (Å²) >= 11 is 7.19. The van der Waals surface area contributed by atoms with Gasteiger partial charge in [0.15, 0.2) is 5.01 Å². The number of nitrogens with zero attached hydrogens (tertiary/aromatic N) is 3. The van der Waals surface area contributed by atoms with E-state index in [0.29, 0.717) is 5.02 Å². The summed E-state index contributed by atoms with van der Waals surface area (Å²) < 4.78 is 0. The Balaban J connectivity index is 2.33. The number of nitrogens with two attached hydrogens (primary N) is 1. The second kappa shape index (κ2) is 4.22. The third-order valence-electron chi connectivity index (χ3n) is 1.78. The maximum absolute atomic E-state index is 5.74. The Morgan fingerprint density at radius 1 is 1.40 bits per heavy atom. The lowest BCUT2D eigenvalue weighted by Crippen LogP contribution is -2.03. The molecule has 0 aliphatic heterocycles. The third kappa shape index (κ3) is 2.31. The first-order valence-corrected chi connectivity index (χ1v) is 5.57. The molecule has 0 aliphatic carbocycles. The second-order valence-corrected chi connectivity index (χ2v) is 4.54. The Morgan fingerprint density at radius 2 is 2.20 bits per heavy atom. The predicted octanol–water partition coefficient (Wildman–Crippen LogP) is 2.27. The summed E-state index contributed by atoms with van der Waals surface area (Å²) in [6, 6.07) is 3.49. The highest BCUT2D eigenvalue weighted by atomic mass is 35.5. The molecule has 2 aromatic heterocycles. The van der Waals surface area contributed by atoms with Crippen LogP contribution in [0.2, 0.25) is 5.02 Å². The molecule has 78 valence electrons. The quantitative estimate of drug-likeness (QED) is 0.875. The molecular formula is C9H9ClN4S. The van der Waals surface area contributed by atoms with Crippen molar-refractivity contribution < 1.29 is 0 Å². The highest BCUT2D eigenvalue weighted by Crippen LogP contribution is 2.24. The van der Waals surface area contributed by atoms with Gasteiger partial charge < -0.3 is 5.73 Å². The number of pyridine rings is 1. The fraction of sp³-hybridized carbons (Fsp3) is 0.222. The van der Waals surface area contributed by atoms with Crippen molar-refractivity contribution >= 4 is 22.9 Å². The van der Waals surface area contributed by atoms with Gasteiger partial charge in [0.1, 0.15) is 10.7 Å². The number of hydrogen-bond acceptors (Lipinski definition) is 5. The molecule has 0 amide bonds. The molecule has 0 radical (unpaired) electrons. The zero-order chi connectivity index (χ0) is 10.8. The number of halogens is 1. The lowest BCUT2D eigenvalue weighted by atomic mass is 10.4. The van der Waals surface area contributed by atoms with Crippen LogP contribution in [0.1, 0.15) is 18.0 Å². The fourth-order valence-corrected chi connectivity index (χ4v) is 1.91. The highest BCUT2D eigenvalue weighted by molar-refractivity contribution is 7.14. The van der Waals surface area contributed by atoms with Gasteiger partial charge in [0.2, 0.25) is 0 Å². The molecule has 2 rings (SSSR count). The van der Waals surface area contributed by atoms with Crippen molar-refractivity contribution in [1.29, 1.82) is 0 Å². The number of aromatic nitrogens is 3. The zero-order valence-electron chi connectivity index (χ0n) is 8.01. The maximum atomic E-state index is 5.74. The number of rotatable bonds is 2. The van der Waals surface area contributed by atoms with Gasteiger partial charge in [0, 0.05) is 6.20 Å². The van der Waals surface area contributed by atoms with Crippen LogP contribution < -0.4 is 5.73 Å². The predicted molar refractivity (Wildman–Crippen MR) is 60.8 cm³/mol. The molecule has 2 aromatic rings. The molecule has 4 nitrogen and oxygen atoms in total. The van der Waals surface area contributed by atoms with E-state index in [9.17, 15) is 0 Å². The minimum atomic E-state index is -0.0939. The van der Waals surface area contributed by atoms with E-state index in [1.54, 1.807) is 12.3 Å². The minimum absolute atomic E-state index is 0.0939. The monoisotopic (exact) mass is 240 g/mol. The Morgan fingerprint density at radius 3 is 2.73 bits per heavy atom. The average Bonchev–Trinajstić information content (AvgIpc) is 2.68. The van der Waals surface area contributed by atoms with Gasteiger partial charge in [-0.05, 0) is 19.1 Å². The molecule has 0 aromatic carbocycles. The lowest BCUT2D eigenvalue weighted by molar-refractivity contribution is 0.786. The molecule has 2 heterocycles. The van der Waals surface area contributed by atoms with Crippen molar-refractivity contribution in [2.75, 3.05) is 0 Å². The molecule has 0 fully saturated rings. The van der Waals surface area contributed by atoms with Crippen LogP contribution in [-0.2, 0) is 0 Å². The third-order valence-corrected chi connectivity index (χ3v) is 3.15. The van der Waals surface area contributed by atoms with Crippen molar-refractivity contribution in [3.05, 3.63) is 28.4 Å². The average molecular weight is 241 g/mol. The van der Waals surface area contributed by atoms with E-state index in [4.69, 9.17) is 17.3 Å². The highest BCUT2D eigenvalue weighted by Gasteiger charge is 2.10. The minimum Gasteiger partial charge on any atom is -0.322 e. The first kappa shape index (κ1) is 10.5. The van der Waals surface area contributed by atoms with Crippen molar-refractivity contribution in [3.8, 4) is 10.7 Å². The Labute approximate surface area is 96.1 Å². The largest absolute Gasteiger partial charge is 0.322 e. The second-order valence-electron chi connectivity index (χ2n) is 3.10. The molecule has 1 atom stereocenters. The van der Waals surface area contributed by atoms with E-state index in [-0.39, 0.29) is 6.04 Å². The first-order chi connectivity index (χ1) is 7.16. The van der Waals surface area contributed by atoms with Gasteiger partial charge in [-0.15, -0.1) is 10.2 Å². The van der Waals surface area contributed by atoms with Gasteiger partial charge in [0.25, 0.3) is 0 Å². The van der Waals surface area contributed by atoms with Crippen molar-refractivity contribution in [2.45, 2.75) is 13.0 Å². The van der Waals surface area contributed by atoms with Gasteiger partial charge in [-0.2, -0.15) is 0 Å². The topological polar surface area (TPSA) is 64.7 Å². The molecular weight excluding hydrogens is 232 g/mol. The van der Waals surface area contributed by atoms with Gasteiger partial charge >= 0.3 is 0 Å². The van der Waals surface area contributed by atoms with Crippen LogP contribution in [0.5, 0.6) is 0 Å². The van der Waals surface area contributed by atoms with Crippen LogP contribution in [0.25, 0.3) is 10.7 Å². The van der Waals surface area contributed by atoms with Gasteiger partial charge in [-0.3, -0.25) is 4.98 Å². The Hall–Kier alpha value is -1.04. The van der Waals surface area contributed by atoms with Crippen LogP contribution in [0.4, 0.5) is 0 Å². The molecule has 2 N–H and O–H groups in total. The van der Waals surface area contributed by atoms with E-state index in [0.717, 1.165) is 15.7 Å². The van der Waals surface area contributed by atoms with Crippen molar-refractivity contribution in [2.24, 2.45) is 5.73 Å². The molecule has 0 bridgehead atoms. The van der Waals surface area contributed by atoms with Crippen LogP contribution in [-0.4, -0.2) is 15.2 Å². The zero-order valence-corrected chi connectivity index (χ0v) is 9.59. The Kier molecular flexibility index (Phi) is 2.95.